The molecule has 0 aromatic rings. The summed E-state index contributed by atoms with van der Waals surface area (Å²) in [5, 5.41) is 54.7. The topological polar surface area (TPSA) is 149 Å². The molecule has 0 aromatic carbocycles. The fourth-order valence-electron chi connectivity index (χ4n) is 10.2. The molecule has 1 saturated heterocycles. The summed E-state index contributed by atoms with van der Waals surface area (Å²) >= 11 is 0. The number of nitrogens with one attached hydrogen (secondary N) is 1. The maximum Gasteiger partial charge on any atom is 0.220 e. The lowest BCUT2D eigenvalue weighted by Crippen LogP contribution is -2.60. The molecular weight excluding hydrogens is 995 g/mol. The zero-order valence-electron chi connectivity index (χ0n) is 51.6. The third-order valence-corrected chi connectivity index (χ3v) is 15.4. The van der Waals surface area contributed by atoms with Crippen molar-refractivity contribution < 1.29 is 39.8 Å². The van der Waals surface area contributed by atoms with Gasteiger partial charge in [-0.25, -0.2) is 0 Å². The first kappa shape index (κ1) is 75.1. The van der Waals surface area contributed by atoms with E-state index < -0.39 is 49.5 Å². The van der Waals surface area contributed by atoms with Crippen molar-refractivity contribution in [3.05, 3.63) is 97.2 Å². The SMILES string of the molecule is CC/C=C\C/C=C\C/C=C\C/C=C\C/C=C\C/C=C\C/C=C\CCCCCCCCCCCCCCCCCC(=O)NC(COC1OC(CO)C(O)C(O)C1O)C(O)/C=C/CCCCCCCCCCCCCCCCCCCC. The van der Waals surface area contributed by atoms with Gasteiger partial charge in [-0.2, -0.15) is 0 Å². The second-order valence-electron chi connectivity index (χ2n) is 22.9. The molecule has 9 heteroatoms. The summed E-state index contributed by atoms with van der Waals surface area (Å²) in [6.07, 6.45) is 79.2. The number of hydrogen-bond acceptors (Lipinski definition) is 8. The van der Waals surface area contributed by atoms with Gasteiger partial charge in [0.05, 0.1) is 25.4 Å². The van der Waals surface area contributed by atoms with Gasteiger partial charge in [0.1, 0.15) is 24.4 Å². The summed E-state index contributed by atoms with van der Waals surface area (Å²) in [6.45, 7) is 3.69. The summed E-state index contributed by atoms with van der Waals surface area (Å²) in [5.41, 5.74) is 0. The fraction of sp³-hybridized carbons (Fsp3) is 0.761. The highest BCUT2D eigenvalue weighted by Crippen LogP contribution is 2.23. The first-order valence-corrected chi connectivity index (χ1v) is 33.5. The Morgan fingerprint density at radius 2 is 0.775 bits per heavy atom. The Bertz CT molecular complexity index is 1580. The minimum absolute atomic E-state index is 0.177. The van der Waals surface area contributed by atoms with Gasteiger partial charge in [-0.15, -0.1) is 0 Å². The van der Waals surface area contributed by atoms with Crippen molar-refractivity contribution in [1.29, 1.82) is 0 Å². The molecule has 7 atom stereocenters. The van der Waals surface area contributed by atoms with Crippen LogP contribution in [0.4, 0.5) is 0 Å². The van der Waals surface area contributed by atoms with Crippen LogP contribution in [0.25, 0.3) is 0 Å². The van der Waals surface area contributed by atoms with E-state index in [0.717, 1.165) is 83.5 Å². The van der Waals surface area contributed by atoms with Crippen molar-refractivity contribution in [1.82, 2.24) is 5.32 Å². The van der Waals surface area contributed by atoms with Gasteiger partial charge in [0, 0.05) is 6.42 Å². The van der Waals surface area contributed by atoms with Crippen molar-refractivity contribution in [2.45, 2.75) is 333 Å². The van der Waals surface area contributed by atoms with Gasteiger partial charge in [-0.1, -0.05) is 304 Å². The van der Waals surface area contributed by atoms with Crippen LogP contribution in [0.15, 0.2) is 97.2 Å². The van der Waals surface area contributed by atoms with Crippen molar-refractivity contribution in [3.8, 4) is 0 Å². The van der Waals surface area contributed by atoms with E-state index in [1.54, 1.807) is 6.08 Å². The van der Waals surface area contributed by atoms with Crippen molar-refractivity contribution >= 4 is 5.91 Å². The van der Waals surface area contributed by atoms with Gasteiger partial charge in [-0.05, 0) is 77.0 Å². The minimum atomic E-state index is -1.57. The molecular formula is C71H125NO8. The summed E-state index contributed by atoms with van der Waals surface area (Å²) in [6, 6.07) is -0.810. The number of aliphatic hydroxyl groups excluding tert-OH is 5. The number of aliphatic hydroxyl groups is 5. The second-order valence-corrected chi connectivity index (χ2v) is 22.9. The highest BCUT2D eigenvalue weighted by atomic mass is 16.7. The van der Waals surface area contributed by atoms with Crippen LogP contribution in [-0.2, 0) is 14.3 Å². The highest BCUT2D eigenvalue weighted by molar-refractivity contribution is 5.76. The second kappa shape index (κ2) is 59.3. The average Bonchev–Trinajstić information content (AvgIpc) is 3.46. The predicted molar refractivity (Wildman–Crippen MR) is 341 cm³/mol. The molecule has 1 rings (SSSR count). The monoisotopic (exact) mass is 1120 g/mol. The Labute approximate surface area is 492 Å². The van der Waals surface area contributed by atoms with Crippen molar-refractivity contribution in [2.24, 2.45) is 0 Å². The van der Waals surface area contributed by atoms with Gasteiger partial charge in [-0.3, -0.25) is 4.79 Å². The molecule has 6 N–H and O–H groups in total. The molecule has 0 aliphatic carbocycles. The van der Waals surface area contributed by atoms with Crippen LogP contribution in [-0.4, -0.2) is 87.5 Å². The Balaban J connectivity index is 2.13. The molecule has 1 fully saturated rings. The van der Waals surface area contributed by atoms with Crippen LogP contribution in [0.1, 0.15) is 290 Å². The third-order valence-electron chi connectivity index (χ3n) is 15.4. The van der Waals surface area contributed by atoms with Gasteiger partial charge < -0.3 is 40.3 Å². The van der Waals surface area contributed by atoms with E-state index in [4.69, 9.17) is 9.47 Å². The van der Waals surface area contributed by atoms with Crippen molar-refractivity contribution in [2.75, 3.05) is 13.2 Å². The molecule has 0 aromatic heterocycles. The van der Waals surface area contributed by atoms with Gasteiger partial charge in [0.25, 0.3) is 0 Å². The first-order chi connectivity index (χ1) is 39.3. The Morgan fingerprint density at radius 1 is 0.438 bits per heavy atom. The molecule has 1 aliphatic heterocycles. The number of ether oxygens (including phenoxy) is 2. The summed E-state index contributed by atoms with van der Waals surface area (Å²) in [5.74, 6) is -0.177. The third kappa shape index (κ3) is 47.6. The Morgan fingerprint density at radius 3 is 1.15 bits per heavy atom. The summed E-state index contributed by atoms with van der Waals surface area (Å²) in [4.78, 5) is 13.1. The normalized spacial score (nSPS) is 19.1. The van der Waals surface area contributed by atoms with Gasteiger partial charge >= 0.3 is 0 Å². The maximum absolute atomic E-state index is 13.1. The number of allylic oxidation sites excluding steroid dienone is 15. The zero-order chi connectivity index (χ0) is 57.9. The number of amides is 1. The maximum atomic E-state index is 13.1. The lowest BCUT2D eigenvalue weighted by atomic mass is 9.99. The number of carbonyl (C=O) groups excluding carboxylic acids is 1. The quantitative estimate of drug-likeness (QED) is 0.0261. The molecule has 0 spiro atoms. The van der Waals surface area contributed by atoms with Crippen LogP contribution in [0.2, 0.25) is 0 Å². The van der Waals surface area contributed by atoms with Crippen LogP contribution >= 0.6 is 0 Å². The van der Waals surface area contributed by atoms with Crippen molar-refractivity contribution in [3.63, 3.8) is 0 Å². The molecule has 1 aliphatic rings. The summed E-state index contributed by atoms with van der Waals surface area (Å²) < 4.78 is 11.3. The molecule has 1 heterocycles. The van der Waals surface area contributed by atoms with E-state index >= 15 is 0 Å². The van der Waals surface area contributed by atoms with Gasteiger partial charge in [0.2, 0.25) is 5.91 Å². The lowest BCUT2D eigenvalue weighted by Gasteiger charge is -2.40. The highest BCUT2D eigenvalue weighted by Gasteiger charge is 2.44. The summed E-state index contributed by atoms with van der Waals surface area (Å²) in [7, 11) is 0. The van der Waals surface area contributed by atoms with Crippen LogP contribution in [0.3, 0.4) is 0 Å². The molecule has 7 unspecified atom stereocenters. The predicted octanol–water partition coefficient (Wildman–Crippen LogP) is 17.9. The molecule has 0 bridgehead atoms. The largest absolute Gasteiger partial charge is 0.394 e. The van der Waals surface area contributed by atoms with Crippen LogP contribution < -0.4 is 5.32 Å². The molecule has 9 nitrogen and oxygen atoms in total. The number of hydrogen-bond donors (Lipinski definition) is 6. The molecule has 1 amide bonds. The molecule has 80 heavy (non-hydrogen) atoms. The van der Waals surface area contributed by atoms with Crippen LogP contribution in [0.5, 0.6) is 0 Å². The van der Waals surface area contributed by atoms with E-state index in [0.29, 0.717) is 6.42 Å². The minimum Gasteiger partial charge on any atom is -0.394 e. The van der Waals surface area contributed by atoms with E-state index in [1.165, 1.54) is 186 Å². The molecule has 462 valence electrons. The number of unbranched alkanes of at least 4 members (excludes halogenated alkanes) is 33. The Hall–Kier alpha value is -2.89. The number of carbonyl (C=O) groups is 1. The Kier molecular flexibility index (Phi) is 55.7. The van der Waals surface area contributed by atoms with E-state index in [9.17, 15) is 30.3 Å². The van der Waals surface area contributed by atoms with E-state index in [-0.39, 0.29) is 12.5 Å². The van der Waals surface area contributed by atoms with E-state index in [1.807, 2.05) is 6.08 Å². The molecule has 0 saturated carbocycles. The standard InChI is InChI=1S/C71H125NO8/c1-3-5-7-9-11-13-15-17-19-21-23-25-26-27-28-29-30-31-32-33-34-35-36-37-38-39-40-41-43-45-47-49-51-53-55-57-59-61-67(75)72-64(63-79-71-70(78)69(77)68(76)66(62-73)80-71)65(74)60-58-56-54-52-50-48-46-44-42-24-22-20-18-16-14-12-10-8-6-4-2/h5,7,11,13,17,19,23,25,27-28,30-31,33-34,58,60,64-66,68-71,73-74,76-78H,3-4,6,8-10,12,14-16,18,20-22,24,26,29,32,35-57,59,61-63H2,1-2H3,(H,72,75)/b7-5-,13-11-,19-17-,25-23-,28-27-,31-30-,34-33-,60-58+. The van der Waals surface area contributed by atoms with Crippen LogP contribution in [0, 0.1) is 0 Å². The van der Waals surface area contributed by atoms with Gasteiger partial charge in [0.15, 0.2) is 6.29 Å². The molecule has 0 radical (unpaired) electrons. The fourth-order valence-corrected chi connectivity index (χ4v) is 10.2. The first-order valence-electron chi connectivity index (χ1n) is 33.5. The van der Waals surface area contributed by atoms with E-state index in [2.05, 4.69) is 104 Å². The lowest BCUT2D eigenvalue weighted by molar-refractivity contribution is -0.302. The number of rotatable bonds is 57. The smallest absolute Gasteiger partial charge is 0.220 e. The average molecular weight is 1120 g/mol. The zero-order valence-corrected chi connectivity index (χ0v) is 51.6.